The molecule has 15 heavy (non-hydrogen) atoms. The molecule has 0 heterocycles. The molecule has 0 radical (unpaired) electrons. The third kappa shape index (κ3) is 3.32. The lowest BCUT2D eigenvalue weighted by molar-refractivity contribution is -0.338. The quantitative estimate of drug-likeness (QED) is 0.393. The van der Waals surface area contributed by atoms with E-state index >= 15 is 0 Å². The van der Waals surface area contributed by atoms with Crippen LogP contribution in [0.5, 0.6) is 0 Å². The average molecular weight is 209 g/mol. The van der Waals surface area contributed by atoms with Gasteiger partial charge in [-0.15, -0.1) is 5.23 Å². The van der Waals surface area contributed by atoms with Crippen molar-refractivity contribution in [3.05, 3.63) is 29.5 Å². The SMILES string of the molecule is CCON(OCC)C1=CCC(=[N+]=[N-])C=C1. The van der Waals surface area contributed by atoms with Gasteiger partial charge in [0.2, 0.25) is 0 Å². The normalized spacial score (nSPS) is 14.8. The van der Waals surface area contributed by atoms with Crippen LogP contribution >= 0.6 is 0 Å². The molecule has 82 valence electrons. The fourth-order valence-electron chi connectivity index (χ4n) is 1.16. The molecule has 0 saturated carbocycles. The summed E-state index contributed by atoms with van der Waals surface area (Å²) in [6.45, 7) is 4.84. The Balaban J connectivity index is 2.66. The van der Waals surface area contributed by atoms with Crippen LogP contribution in [0.1, 0.15) is 20.3 Å². The van der Waals surface area contributed by atoms with E-state index in [0.717, 1.165) is 5.70 Å². The summed E-state index contributed by atoms with van der Waals surface area (Å²) in [6, 6.07) is 0. The number of allylic oxidation sites excluding steroid dienone is 3. The minimum Gasteiger partial charge on any atom is -0.361 e. The van der Waals surface area contributed by atoms with Gasteiger partial charge in [0.05, 0.1) is 25.3 Å². The van der Waals surface area contributed by atoms with Gasteiger partial charge >= 0.3 is 0 Å². The summed E-state index contributed by atoms with van der Waals surface area (Å²) in [4.78, 5) is 13.7. The first-order chi connectivity index (χ1) is 7.31. The number of hydrogen-bond acceptors (Lipinski definition) is 3. The van der Waals surface area contributed by atoms with Crippen molar-refractivity contribution in [2.75, 3.05) is 13.2 Å². The van der Waals surface area contributed by atoms with E-state index in [4.69, 9.17) is 15.2 Å². The molecule has 5 nitrogen and oxygen atoms in total. The molecule has 0 N–H and O–H groups in total. The summed E-state index contributed by atoms with van der Waals surface area (Å²) >= 11 is 0. The van der Waals surface area contributed by atoms with E-state index in [2.05, 4.69) is 4.79 Å². The van der Waals surface area contributed by atoms with Crippen LogP contribution in [0.15, 0.2) is 23.9 Å². The van der Waals surface area contributed by atoms with Gasteiger partial charge in [-0.3, -0.25) is 0 Å². The highest BCUT2D eigenvalue weighted by Gasteiger charge is 2.14. The largest absolute Gasteiger partial charge is 0.361 e. The highest BCUT2D eigenvalue weighted by molar-refractivity contribution is 5.92. The standard InChI is InChI=1S/C10H15N3O2/c1-3-14-13(15-4-2)10-7-5-9(12-11)6-8-10/h5,7-8H,3-4,6H2,1-2H3. The van der Waals surface area contributed by atoms with Crippen LogP contribution < -0.4 is 0 Å². The predicted octanol–water partition coefficient (Wildman–Crippen LogP) is 1.71. The second kappa shape index (κ2) is 6.14. The fourth-order valence-corrected chi connectivity index (χ4v) is 1.16. The highest BCUT2D eigenvalue weighted by atomic mass is 16.9. The molecule has 0 aromatic heterocycles. The van der Waals surface area contributed by atoms with Gasteiger partial charge < -0.3 is 5.53 Å². The number of rotatable bonds is 5. The van der Waals surface area contributed by atoms with E-state index in [1.54, 1.807) is 12.2 Å². The molecule has 5 heteroatoms. The summed E-state index contributed by atoms with van der Waals surface area (Å²) < 4.78 is 0. The summed E-state index contributed by atoms with van der Waals surface area (Å²) in [5.41, 5.74) is 9.98. The van der Waals surface area contributed by atoms with E-state index < -0.39 is 0 Å². The number of nitrogens with zero attached hydrogens (tertiary/aromatic N) is 3. The second-order valence-electron chi connectivity index (χ2n) is 2.85. The zero-order chi connectivity index (χ0) is 11.1. The predicted molar refractivity (Wildman–Crippen MR) is 55.6 cm³/mol. The van der Waals surface area contributed by atoms with Crippen molar-refractivity contribution < 1.29 is 14.5 Å². The zero-order valence-corrected chi connectivity index (χ0v) is 9.01. The van der Waals surface area contributed by atoms with Gasteiger partial charge in [-0.2, -0.15) is 4.79 Å². The first-order valence-corrected chi connectivity index (χ1v) is 4.97. The van der Waals surface area contributed by atoms with Gasteiger partial charge in [0, 0.05) is 6.08 Å². The van der Waals surface area contributed by atoms with Crippen molar-refractivity contribution >= 4 is 5.71 Å². The summed E-state index contributed by atoms with van der Waals surface area (Å²) in [6.07, 6.45) is 5.95. The second-order valence-corrected chi connectivity index (χ2v) is 2.85. The van der Waals surface area contributed by atoms with E-state index in [0.29, 0.717) is 25.3 Å². The maximum Gasteiger partial charge on any atom is 0.295 e. The molecule has 0 fully saturated rings. The Morgan fingerprint density at radius 3 is 2.40 bits per heavy atom. The van der Waals surface area contributed by atoms with Crippen LogP contribution in [0, 0.1) is 0 Å². The molecule has 0 spiro atoms. The van der Waals surface area contributed by atoms with Crippen LogP contribution in [-0.2, 0) is 9.68 Å². The lowest BCUT2D eigenvalue weighted by Gasteiger charge is -2.22. The molecule has 1 aliphatic rings. The third-order valence-corrected chi connectivity index (χ3v) is 1.80. The Morgan fingerprint density at radius 2 is 2.00 bits per heavy atom. The molecule has 0 saturated heterocycles. The maximum atomic E-state index is 8.55. The summed E-state index contributed by atoms with van der Waals surface area (Å²) in [5, 5.41) is 1.38. The summed E-state index contributed by atoms with van der Waals surface area (Å²) in [7, 11) is 0. The molecule has 1 rings (SSSR count). The van der Waals surface area contributed by atoms with E-state index in [-0.39, 0.29) is 0 Å². The van der Waals surface area contributed by atoms with Crippen LogP contribution in [0.25, 0.3) is 5.53 Å². The molecule has 0 aliphatic heterocycles. The Bertz CT molecular complexity index is 311. The number of hydroxylamine groups is 2. The summed E-state index contributed by atoms with van der Waals surface area (Å²) in [5.74, 6) is 0. The van der Waals surface area contributed by atoms with Crippen molar-refractivity contribution in [3.63, 3.8) is 0 Å². The van der Waals surface area contributed by atoms with Gasteiger partial charge in [0.25, 0.3) is 5.71 Å². The van der Waals surface area contributed by atoms with Crippen LogP contribution in [0.2, 0.25) is 0 Å². The smallest absolute Gasteiger partial charge is 0.295 e. The van der Waals surface area contributed by atoms with Crippen molar-refractivity contribution in [2.24, 2.45) is 0 Å². The molecule has 0 aromatic rings. The molecular weight excluding hydrogens is 194 g/mol. The molecule has 0 aromatic carbocycles. The Labute approximate surface area is 89.1 Å². The first kappa shape index (κ1) is 11.7. The lowest BCUT2D eigenvalue weighted by Crippen LogP contribution is -2.24. The van der Waals surface area contributed by atoms with Crippen molar-refractivity contribution in [2.45, 2.75) is 20.3 Å². The average Bonchev–Trinajstić information content (AvgIpc) is 2.29. The van der Waals surface area contributed by atoms with E-state index in [9.17, 15) is 0 Å². The minimum absolute atomic E-state index is 0.534. The highest BCUT2D eigenvalue weighted by Crippen LogP contribution is 2.13. The molecule has 0 unspecified atom stereocenters. The first-order valence-electron chi connectivity index (χ1n) is 4.97. The molecule has 0 bridgehead atoms. The van der Waals surface area contributed by atoms with Crippen molar-refractivity contribution in [1.82, 2.24) is 5.23 Å². The van der Waals surface area contributed by atoms with Crippen LogP contribution in [-0.4, -0.2) is 28.9 Å². The third-order valence-electron chi connectivity index (χ3n) is 1.80. The Hall–Kier alpha value is -1.42. The van der Waals surface area contributed by atoms with Gasteiger partial charge in [0.1, 0.15) is 0 Å². The van der Waals surface area contributed by atoms with Gasteiger partial charge in [0.15, 0.2) is 0 Å². The van der Waals surface area contributed by atoms with Crippen LogP contribution in [0.4, 0.5) is 0 Å². The molecule has 0 amide bonds. The minimum atomic E-state index is 0.534. The van der Waals surface area contributed by atoms with Gasteiger partial charge in [-0.05, 0) is 26.0 Å². The molecule has 0 atom stereocenters. The number of hydrogen-bond donors (Lipinski definition) is 0. The molecular formula is C10H15N3O2. The lowest BCUT2D eigenvalue weighted by atomic mass is 10.1. The van der Waals surface area contributed by atoms with Crippen molar-refractivity contribution in [3.8, 4) is 0 Å². The Kier molecular flexibility index (Phi) is 4.77. The van der Waals surface area contributed by atoms with Gasteiger partial charge in [-0.1, -0.05) is 0 Å². The fraction of sp³-hybridized carbons (Fsp3) is 0.500. The van der Waals surface area contributed by atoms with Crippen LogP contribution in [0.3, 0.4) is 0 Å². The van der Waals surface area contributed by atoms with Gasteiger partial charge in [-0.25, -0.2) is 9.68 Å². The Morgan fingerprint density at radius 1 is 1.33 bits per heavy atom. The monoisotopic (exact) mass is 209 g/mol. The topological polar surface area (TPSA) is 58.1 Å². The van der Waals surface area contributed by atoms with E-state index in [1.807, 2.05) is 19.9 Å². The molecule has 1 aliphatic carbocycles. The van der Waals surface area contributed by atoms with E-state index in [1.165, 1.54) is 5.23 Å². The van der Waals surface area contributed by atoms with Crippen molar-refractivity contribution in [1.29, 1.82) is 0 Å². The zero-order valence-electron chi connectivity index (χ0n) is 9.01. The maximum absolute atomic E-state index is 8.55.